The van der Waals surface area contributed by atoms with Crippen molar-refractivity contribution < 1.29 is 23.8 Å². The standard InChI is InChI=1S/C17H21NO5/c1-17(2)20-10-13(22-17)15-16-12(8-14(19)21-16)23-18(15)9-11-6-4-3-5-7-11/h3-7,12-13,15-16H,8-10H2,1-2H3/t12-,13-,15+,16+/m1/s1. The highest BCUT2D eigenvalue weighted by Gasteiger charge is 2.56. The number of carbonyl (C=O) groups is 1. The van der Waals surface area contributed by atoms with Crippen LogP contribution in [0.4, 0.5) is 0 Å². The van der Waals surface area contributed by atoms with Crippen LogP contribution in [-0.4, -0.2) is 47.8 Å². The second kappa shape index (κ2) is 5.56. The molecule has 23 heavy (non-hydrogen) atoms. The maximum Gasteiger partial charge on any atom is 0.309 e. The van der Waals surface area contributed by atoms with Crippen LogP contribution in [0.15, 0.2) is 30.3 Å². The molecule has 3 heterocycles. The Morgan fingerprint density at radius 1 is 1.22 bits per heavy atom. The van der Waals surface area contributed by atoms with Crippen LogP contribution in [0.25, 0.3) is 0 Å². The van der Waals surface area contributed by atoms with Crippen molar-refractivity contribution in [3.05, 3.63) is 35.9 Å². The molecule has 0 amide bonds. The quantitative estimate of drug-likeness (QED) is 0.790. The molecule has 0 aromatic heterocycles. The zero-order valence-electron chi connectivity index (χ0n) is 13.3. The number of hydrogen-bond donors (Lipinski definition) is 0. The molecular weight excluding hydrogens is 298 g/mol. The molecule has 4 rings (SSSR count). The first-order valence-electron chi connectivity index (χ1n) is 8.00. The third-order valence-electron chi connectivity index (χ3n) is 4.53. The second-order valence-electron chi connectivity index (χ2n) is 6.72. The molecule has 0 unspecified atom stereocenters. The normalized spacial score (nSPS) is 36.2. The Morgan fingerprint density at radius 3 is 2.70 bits per heavy atom. The number of ether oxygens (including phenoxy) is 3. The smallest absolute Gasteiger partial charge is 0.309 e. The van der Waals surface area contributed by atoms with E-state index in [-0.39, 0.29) is 30.3 Å². The maximum absolute atomic E-state index is 11.6. The predicted molar refractivity (Wildman–Crippen MR) is 80.0 cm³/mol. The SMILES string of the molecule is CC1(C)OC[C@H]([C@H]2[C@H]3OC(=O)C[C@H]3ON2Cc2ccccc2)O1. The van der Waals surface area contributed by atoms with E-state index in [2.05, 4.69) is 12.1 Å². The molecule has 3 fully saturated rings. The molecule has 0 aliphatic carbocycles. The molecule has 3 aliphatic rings. The molecule has 4 atom stereocenters. The Kier molecular flexibility index (Phi) is 3.65. The van der Waals surface area contributed by atoms with E-state index < -0.39 is 5.79 Å². The van der Waals surface area contributed by atoms with Gasteiger partial charge in [-0.15, -0.1) is 0 Å². The number of hydroxylamine groups is 2. The van der Waals surface area contributed by atoms with Gasteiger partial charge in [0.25, 0.3) is 0 Å². The fourth-order valence-corrected chi connectivity index (χ4v) is 3.54. The zero-order chi connectivity index (χ0) is 16.0. The van der Waals surface area contributed by atoms with Crippen molar-refractivity contribution >= 4 is 5.97 Å². The molecule has 3 aliphatic heterocycles. The van der Waals surface area contributed by atoms with Gasteiger partial charge >= 0.3 is 5.97 Å². The lowest BCUT2D eigenvalue weighted by molar-refractivity contribution is -0.199. The average molecular weight is 319 g/mol. The second-order valence-corrected chi connectivity index (χ2v) is 6.72. The first-order valence-corrected chi connectivity index (χ1v) is 8.00. The highest BCUT2D eigenvalue weighted by Crippen LogP contribution is 2.38. The van der Waals surface area contributed by atoms with Crippen molar-refractivity contribution in [3.63, 3.8) is 0 Å². The van der Waals surface area contributed by atoms with Crippen LogP contribution < -0.4 is 0 Å². The van der Waals surface area contributed by atoms with E-state index in [1.54, 1.807) is 0 Å². The molecule has 0 spiro atoms. The minimum atomic E-state index is -0.621. The number of hydrogen-bond acceptors (Lipinski definition) is 6. The van der Waals surface area contributed by atoms with Crippen molar-refractivity contribution in [1.29, 1.82) is 0 Å². The number of nitrogens with zero attached hydrogens (tertiary/aromatic N) is 1. The van der Waals surface area contributed by atoms with Crippen LogP contribution in [0.3, 0.4) is 0 Å². The minimum absolute atomic E-state index is 0.159. The van der Waals surface area contributed by atoms with Gasteiger partial charge in [0.2, 0.25) is 0 Å². The van der Waals surface area contributed by atoms with E-state index in [1.807, 2.05) is 37.1 Å². The van der Waals surface area contributed by atoms with Gasteiger partial charge in [-0.25, -0.2) is 0 Å². The minimum Gasteiger partial charge on any atom is -0.458 e. The van der Waals surface area contributed by atoms with Crippen LogP contribution in [0.2, 0.25) is 0 Å². The molecule has 0 N–H and O–H groups in total. The number of fused-ring (bicyclic) bond motifs is 1. The molecule has 0 radical (unpaired) electrons. The molecule has 1 aromatic carbocycles. The predicted octanol–water partition coefficient (Wildman–Crippen LogP) is 1.64. The van der Waals surface area contributed by atoms with Crippen molar-refractivity contribution in [2.45, 2.75) is 57.0 Å². The van der Waals surface area contributed by atoms with Gasteiger partial charge in [-0.2, -0.15) is 5.06 Å². The summed E-state index contributed by atoms with van der Waals surface area (Å²) in [6.07, 6.45) is -0.421. The highest BCUT2D eigenvalue weighted by atomic mass is 16.8. The first kappa shape index (κ1) is 15.1. The molecule has 6 nitrogen and oxygen atoms in total. The number of benzene rings is 1. The Morgan fingerprint density at radius 2 is 2.00 bits per heavy atom. The van der Waals surface area contributed by atoms with Gasteiger partial charge in [-0.3, -0.25) is 9.63 Å². The van der Waals surface area contributed by atoms with Gasteiger partial charge in [-0.1, -0.05) is 30.3 Å². The van der Waals surface area contributed by atoms with E-state index in [0.29, 0.717) is 19.6 Å². The topological polar surface area (TPSA) is 57.2 Å². The van der Waals surface area contributed by atoms with E-state index in [9.17, 15) is 4.79 Å². The Balaban J connectivity index is 1.56. The van der Waals surface area contributed by atoms with Crippen molar-refractivity contribution in [3.8, 4) is 0 Å². The summed E-state index contributed by atoms with van der Waals surface area (Å²) in [7, 11) is 0. The summed E-state index contributed by atoms with van der Waals surface area (Å²) in [5.74, 6) is -0.827. The van der Waals surface area contributed by atoms with E-state index in [1.165, 1.54) is 0 Å². The fraction of sp³-hybridized carbons (Fsp3) is 0.588. The van der Waals surface area contributed by atoms with E-state index in [0.717, 1.165) is 5.56 Å². The highest BCUT2D eigenvalue weighted by molar-refractivity contribution is 5.73. The van der Waals surface area contributed by atoms with Gasteiger partial charge in [-0.05, 0) is 19.4 Å². The summed E-state index contributed by atoms with van der Waals surface area (Å²) in [5.41, 5.74) is 1.14. The van der Waals surface area contributed by atoms with E-state index >= 15 is 0 Å². The molecule has 0 bridgehead atoms. The molecule has 6 heteroatoms. The monoisotopic (exact) mass is 319 g/mol. The third-order valence-corrected chi connectivity index (χ3v) is 4.53. The van der Waals surface area contributed by atoms with Crippen LogP contribution in [-0.2, 0) is 30.4 Å². The summed E-state index contributed by atoms with van der Waals surface area (Å²) in [5, 5.41) is 1.90. The molecule has 3 saturated heterocycles. The lowest BCUT2D eigenvalue weighted by Gasteiger charge is -2.29. The van der Waals surface area contributed by atoms with E-state index in [4.69, 9.17) is 19.0 Å². The lowest BCUT2D eigenvalue weighted by Crippen LogP contribution is -2.46. The Bertz CT molecular complexity index is 590. The molecule has 0 saturated carbocycles. The number of esters is 1. The van der Waals surface area contributed by atoms with Gasteiger partial charge in [0.05, 0.1) is 13.0 Å². The van der Waals surface area contributed by atoms with Gasteiger partial charge in [0, 0.05) is 6.54 Å². The van der Waals surface area contributed by atoms with Crippen LogP contribution in [0.1, 0.15) is 25.8 Å². The first-order chi connectivity index (χ1) is 11.0. The van der Waals surface area contributed by atoms with Gasteiger partial charge in [0.1, 0.15) is 18.2 Å². The average Bonchev–Trinajstić information content (AvgIpc) is 3.12. The summed E-state index contributed by atoms with van der Waals surface area (Å²) >= 11 is 0. The van der Waals surface area contributed by atoms with Crippen LogP contribution in [0, 0.1) is 0 Å². The molecule has 124 valence electrons. The van der Waals surface area contributed by atoms with Crippen LogP contribution in [0.5, 0.6) is 0 Å². The third kappa shape index (κ3) is 2.87. The summed E-state index contributed by atoms with van der Waals surface area (Å²) < 4.78 is 17.2. The Labute approximate surface area is 135 Å². The van der Waals surface area contributed by atoms with Crippen LogP contribution >= 0.6 is 0 Å². The number of rotatable bonds is 3. The zero-order valence-corrected chi connectivity index (χ0v) is 13.3. The fourth-order valence-electron chi connectivity index (χ4n) is 3.54. The summed E-state index contributed by atoms with van der Waals surface area (Å²) in [6.45, 7) is 4.87. The largest absolute Gasteiger partial charge is 0.458 e. The van der Waals surface area contributed by atoms with Crippen molar-refractivity contribution in [2.75, 3.05) is 6.61 Å². The van der Waals surface area contributed by atoms with Gasteiger partial charge < -0.3 is 14.2 Å². The Hall–Kier alpha value is -1.47. The van der Waals surface area contributed by atoms with Crippen molar-refractivity contribution in [1.82, 2.24) is 5.06 Å². The lowest BCUT2D eigenvalue weighted by atomic mass is 10.0. The summed E-state index contributed by atoms with van der Waals surface area (Å²) in [4.78, 5) is 17.6. The molecular formula is C17H21NO5. The number of carbonyl (C=O) groups excluding carboxylic acids is 1. The van der Waals surface area contributed by atoms with Gasteiger partial charge in [0.15, 0.2) is 11.9 Å². The maximum atomic E-state index is 11.6. The summed E-state index contributed by atoms with van der Waals surface area (Å²) in [6, 6.07) is 9.93. The van der Waals surface area contributed by atoms with Crippen molar-refractivity contribution in [2.24, 2.45) is 0 Å². The molecule has 1 aromatic rings.